The zero-order chi connectivity index (χ0) is 14.1. The Morgan fingerprint density at radius 1 is 1.05 bits per heavy atom. The summed E-state index contributed by atoms with van der Waals surface area (Å²) in [4.78, 5) is 0. The van der Waals surface area contributed by atoms with Crippen LogP contribution in [-0.2, 0) is 0 Å². The van der Waals surface area contributed by atoms with Crippen molar-refractivity contribution >= 4 is 11.0 Å². The summed E-state index contributed by atoms with van der Waals surface area (Å²) in [6.45, 7) is 1.82. The maximum atomic E-state index is 9.95. The highest BCUT2D eigenvalue weighted by Crippen LogP contribution is 2.37. The minimum Gasteiger partial charge on any atom is -0.507 e. The quantitative estimate of drug-likeness (QED) is 0.670. The Morgan fingerprint density at radius 2 is 1.76 bits per heavy atom. The molecule has 3 aromatic rings. The lowest BCUT2D eigenvalue weighted by Crippen LogP contribution is -1.90. The third-order valence-electron chi connectivity index (χ3n) is 3.39. The molecule has 0 saturated heterocycles. The Balaban J connectivity index is 0.00000161. The Hall–Kier alpha value is -2.55. The van der Waals surface area contributed by atoms with Crippen molar-refractivity contribution < 1.29 is 14.3 Å². The van der Waals surface area contributed by atoms with Crippen LogP contribution in [0.4, 0.5) is 0 Å². The van der Waals surface area contributed by atoms with E-state index in [-0.39, 0.29) is 13.2 Å². The molecule has 0 aliphatic carbocycles. The van der Waals surface area contributed by atoms with Crippen molar-refractivity contribution in [3.05, 3.63) is 54.1 Å². The van der Waals surface area contributed by atoms with E-state index in [9.17, 15) is 5.11 Å². The summed E-state index contributed by atoms with van der Waals surface area (Å²) in [5.74, 6) is 1.56. The van der Waals surface area contributed by atoms with E-state index in [1.165, 1.54) is 0 Å². The first-order chi connectivity index (χ1) is 9.70. The number of methoxy groups -OCH3 is 1. The normalized spacial score (nSPS) is 10.2. The van der Waals surface area contributed by atoms with Crippen LogP contribution >= 0.6 is 0 Å². The molecule has 0 bridgehead atoms. The third-order valence-corrected chi connectivity index (χ3v) is 3.39. The molecule has 0 spiro atoms. The molecule has 0 radical (unpaired) electrons. The molecule has 3 nitrogen and oxygen atoms in total. The molecule has 0 unspecified atom stereocenters. The van der Waals surface area contributed by atoms with E-state index in [1.807, 2.05) is 49.4 Å². The van der Waals surface area contributed by atoms with Crippen molar-refractivity contribution in [1.29, 1.82) is 0 Å². The molecule has 3 heteroatoms. The van der Waals surface area contributed by atoms with Gasteiger partial charge in [0, 0.05) is 11.6 Å². The van der Waals surface area contributed by atoms with Gasteiger partial charge in [-0.25, -0.2) is 4.42 Å². The summed E-state index contributed by atoms with van der Waals surface area (Å²) in [7, 11) is 1.59. The van der Waals surface area contributed by atoms with Crippen molar-refractivity contribution in [3.63, 3.8) is 0 Å². The molecule has 0 aliphatic heterocycles. The van der Waals surface area contributed by atoms with E-state index < -0.39 is 0 Å². The predicted molar refractivity (Wildman–Crippen MR) is 85.7 cm³/mol. The summed E-state index contributed by atoms with van der Waals surface area (Å²) < 4.78 is 11.3. The lowest BCUT2D eigenvalue weighted by atomic mass is 10.1. The van der Waals surface area contributed by atoms with Crippen molar-refractivity contribution in [2.75, 3.05) is 7.11 Å². The summed E-state index contributed by atoms with van der Waals surface area (Å²) >= 11 is 0. The summed E-state index contributed by atoms with van der Waals surface area (Å²) in [6, 6.07) is 15.3. The van der Waals surface area contributed by atoms with Crippen molar-refractivity contribution in [2.45, 2.75) is 14.4 Å². The number of ether oxygens (including phenoxy) is 1. The van der Waals surface area contributed by atoms with Gasteiger partial charge in [0.25, 0.3) is 0 Å². The smallest absolute Gasteiger partial charge is 0.368 e. The van der Waals surface area contributed by atoms with Crippen LogP contribution in [0.1, 0.15) is 13.0 Å². The Morgan fingerprint density at radius 3 is 2.43 bits per heavy atom. The number of hydrogen-bond donors (Lipinski definition) is 1. The van der Waals surface area contributed by atoms with Gasteiger partial charge in [-0.3, -0.25) is 0 Å². The van der Waals surface area contributed by atoms with Crippen molar-refractivity contribution in [2.24, 2.45) is 0 Å². The van der Waals surface area contributed by atoms with Gasteiger partial charge in [0.1, 0.15) is 16.9 Å². The monoisotopic (exact) mass is 283 g/mol. The molecule has 1 aromatic heterocycles. The molecule has 21 heavy (non-hydrogen) atoms. The van der Waals surface area contributed by atoms with Crippen LogP contribution < -0.4 is 4.74 Å². The van der Waals surface area contributed by atoms with E-state index in [2.05, 4.69) is 0 Å². The van der Waals surface area contributed by atoms with Gasteiger partial charge >= 0.3 is 11.3 Å². The van der Waals surface area contributed by atoms with Crippen LogP contribution in [0.15, 0.2) is 52.9 Å². The Bertz CT molecular complexity index is 764. The van der Waals surface area contributed by atoms with Crippen molar-refractivity contribution in [1.82, 2.24) is 0 Å². The maximum Gasteiger partial charge on any atom is 0.368 e. The molecule has 0 atom stereocenters. The number of phenolic OH excluding ortho intramolecular Hbond substituents is 1. The highest BCUT2D eigenvalue weighted by molar-refractivity contribution is 5.88. The molecule has 1 heterocycles. The molecule has 0 amide bonds. The molecule has 0 aliphatic rings. The van der Waals surface area contributed by atoms with Gasteiger partial charge in [-0.05, 0) is 25.1 Å². The minimum absolute atomic E-state index is 0. The minimum atomic E-state index is 0. The number of aromatic hydroxyl groups is 1. The summed E-state index contributed by atoms with van der Waals surface area (Å²) in [6.07, 6.45) is 0. The van der Waals surface area contributed by atoms with E-state index in [4.69, 9.17) is 9.15 Å². The van der Waals surface area contributed by atoms with Crippen LogP contribution in [0.2, 0.25) is 0 Å². The van der Waals surface area contributed by atoms with Crippen LogP contribution in [-0.4, -0.2) is 12.2 Å². The topological polar surface area (TPSA) is 40.8 Å². The maximum absolute atomic E-state index is 9.95. The molecular weight excluding hydrogens is 264 g/mol. The molecule has 1 N–H and O–H groups in total. The van der Waals surface area contributed by atoms with Gasteiger partial charge in [0.2, 0.25) is 0 Å². The number of phenols is 1. The van der Waals surface area contributed by atoms with Gasteiger partial charge < -0.3 is 9.84 Å². The first-order valence-corrected chi connectivity index (χ1v) is 6.39. The van der Waals surface area contributed by atoms with E-state index in [1.54, 1.807) is 13.2 Å². The first-order valence-electron chi connectivity index (χ1n) is 6.39. The standard InChI is InChI=1S/C17H14O3.CH4/c1-11-14(18)10-16-13(17(11)19-2)8-9-15(20-16)12-6-4-3-5-7-12;/h3-10H,1-2H3;1H4/p+1. The fourth-order valence-corrected chi connectivity index (χ4v) is 2.31. The summed E-state index contributed by atoms with van der Waals surface area (Å²) in [5.41, 5.74) is 2.31. The average molecular weight is 283 g/mol. The number of fused-ring (bicyclic) bond motifs is 1. The molecule has 2 aromatic carbocycles. The molecule has 108 valence electrons. The van der Waals surface area contributed by atoms with Crippen LogP contribution in [0, 0.1) is 6.92 Å². The predicted octanol–water partition coefficient (Wildman–Crippen LogP) is 5.04. The van der Waals surface area contributed by atoms with Crippen LogP contribution in [0.5, 0.6) is 11.5 Å². The lowest BCUT2D eigenvalue weighted by molar-refractivity contribution is 0.406. The highest BCUT2D eigenvalue weighted by atomic mass is 16.5. The van der Waals surface area contributed by atoms with Gasteiger partial charge in [-0.15, -0.1) is 0 Å². The fourth-order valence-electron chi connectivity index (χ4n) is 2.31. The average Bonchev–Trinajstić information content (AvgIpc) is 2.49. The second-order valence-electron chi connectivity index (χ2n) is 4.63. The van der Waals surface area contributed by atoms with Gasteiger partial charge in [-0.2, -0.15) is 0 Å². The Labute approximate surface area is 124 Å². The first kappa shape index (κ1) is 14.9. The zero-order valence-corrected chi connectivity index (χ0v) is 11.4. The number of benzene rings is 2. The van der Waals surface area contributed by atoms with E-state index in [0.29, 0.717) is 16.9 Å². The molecule has 0 fully saturated rings. The Kier molecular flexibility index (Phi) is 4.13. The molecule has 3 rings (SSSR count). The summed E-state index contributed by atoms with van der Waals surface area (Å²) in [5, 5.41) is 10.8. The van der Waals surface area contributed by atoms with E-state index in [0.717, 1.165) is 16.7 Å². The van der Waals surface area contributed by atoms with Crippen LogP contribution in [0.3, 0.4) is 0 Å². The number of hydrogen-bond acceptors (Lipinski definition) is 2. The molecular formula is C18H19O3+. The number of rotatable bonds is 2. The third kappa shape index (κ3) is 2.55. The van der Waals surface area contributed by atoms with Gasteiger partial charge in [0.05, 0.1) is 18.7 Å². The van der Waals surface area contributed by atoms with Gasteiger partial charge in [-0.1, -0.05) is 25.6 Å². The largest absolute Gasteiger partial charge is 0.507 e. The fraction of sp³-hybridized carbons (Fsp3) is 0.167. The molecule has 0 saturated carbocycles. The second-order valence-corrected chi connectivity index (χ2v) is 4.63. The second kappa shape index (κ2) is 5.83. The van der Waals surface area contributed by atoms with E-state index >= 15 is 0 Å². The SMILES string of the molecule is C.COc1c(C)c(O)cc2[o+]c(-c3ccccc3)ccc12. The zero-order valence-electron chi connectivity index (χ0n) is 11.4. The lowest BCUT2D eigenvalue weighted by Gasteiger charge is -2.06. The van der Waals surface area contributed by atoms with Crippen molar-refractivity contribution in [3.8, 4) is 22.8 Å². The van der Waals surface area contributed by atoms with Crippen LogP contribution in [0.25, 0.3) is 22.3 Å². The van der Waals surface area contributed by atoms with Gasteiger partial charge in [0.15, 0.2) is 0 Å². The highest BCUT2D eigenvalue weighted by Gasteiger charge is 2.20.